The highest BCUT2D eigenvalue weighted by molar-refractivity contribution is 5.51. The summed E-state index contributed by atoms with van der Waals surface area (Å²) in [6, 6.07) is 16.5. The summed E-state index contributed by atoms with van der Waals surface area (Å²) < 4.78 is 19.0. The number of rotatable bonds is 6. The molecule has 0 radical (unpaired) electrons. The lowest BCUT2D eigenvalue weighted by atomic mass is 10.1. The molecule has 122 valence electrons. The smallest absolute Gasteiger partial charge is 0.125 e. The summed E-state index contributed by atoms with van der Waals surface area (Å²) in [5, 5.41) is 3.26. The Morgan fingerprint density at radius 3 is 2.62 bits per heavy atom. The van der Waals surface area contributed by atoms with Crippen molar-refractivity contribution in [2.45, 2.75) is 20.1 Å². The highest BCUT2D eigenvalue weighted by Crippen LogP contribution is 2.18. The molecule has 0 bridgehead atoms. The van der Waals surface area contributed by atoms with E-state index in [0.29, 0.717) is 13.2 Å². The molecule has 24 heavy (non-hydrogen) atoms. The predicted octanol–water partition coefficient (Wildman–Crippen LogP) is 4.72. The Hall–Kier alpha value is -2.88. The number of ether oxygens (including phenoxy) is 1. The van der Waals surface area contributed by atoms with Crippen LogP contribution in [0.5, 0.6) is 5.75 Å². The molecule has 3 aromatic rings. The number of anilines is 1. The molecule has 1 aromatic heterocycles. The third-order valence-electron chi connectivity index (χ3n) is 3.73. The van der Waals surface area contributed by atoms with Crippen LogP contribution in [0, 0.1) is 12.7 Å². The van der Waals surface area contributed by atoms with Crippen molar-refractivity contribution < 1.29 is 9.13 Å². The minimum Gasteiger partial charge on any atom is -0.489 e. The molecule has 0 aliphatic carbocycles. The van der Waals surface area contributed by atoms with E-state index in [-0.39, 0.29) is 5.82 Å². The average Bonchev–Trinajstić information content (AvgIpc) is 2.62. The zero-order valence-corrected chi connectivity index (χ0v) is 13.5. The van der Waals surface area contributed by atoms with E-state index in [2.05, 4.69) is 10.3 Å². The highest BCUT2D eigenvalue weighted by atomic mass is 19.1. The maximum Gasteiger partial charge on any atom is 0.125 e. The van der Waals surface area contributed by atoms with Crippen molar-refractivity contribution in [2.75, 3.05) is 5.32 Å². The van der Waals surface area contributed by atoms with Crippen molar-refractivity contribution in [1.29, 1.82) is 0 Å². The van der Waals surface area contributed by atoms with Gasteiger partial charge >= 0.3 is 0 Å². The molecular formula is C20H19FN2O. The summed E-state index contributed by atoms with van der Waals surface area (Å²) in [4.78, 5) is 4.06. The molecular weight excluding hydrogens is 303 g/mol. The molecule has 0 saturated heterocycles. The van der Waals surface area contributed by atoms with Gasteiger partial charge in [0.2, 0.25) is 0 Å². The number of aromatic nitrogens is 1. The number of hydrogen-bond acceptors (Lipinski definition) is 3. The number of nitrogens with zero attached hydrogens (tertiary/aromatic N) is 1. The first-order chi connectivity index (χ1) is 11.7. The van der Waals surface area contributed by atoms with Gasteiger partial charge in [-0.3, -0.25) is 4.98 Å². The molecule has 3 rings (SSSR count). The van der Waals surface area contributed by atoms with Crippen LogP contribution in [0.1, 0.15) is 16.7 Å². The van der Waals surface area contributed by atoms with Crippen molar-refractivity contribution in [3.05, 3.63) is 89.5 Å². The van der Waals surface area contributed by atoms with Gasteiger partial charge in [0.25, 0.3) is 0 Å². The van der Waals surface area contributed by atoms with Crippen LogP contribution in [0.25, 0.3) is 0 Å². The van der Waals surface area contributed by atoms with Gasteiger partial charge in [-0.2, -0.15) is 0 Å². The zero-order chi connectivity index (χ0) is 16.8. The van der Waals surface area contributed by atoms with E-state index in [9.17, 15) is 4.39 Å². The van der Waals surface area contributed by atoms with Gasteiger partial charge in [0, 0.05) is 30.2 Å². The molecule has 0 spiro atoms. The van der Waals surface area contributed by atoms with E-state index >= 15 is 0 Å². The Morgan fingerprint density at radius 2 is 1.88 bits per heavy atom. The van der Waals surface area contributed by atoms with Gasteiger partial charge in [-0.15, -0.1) is 0 Å². The van der Waals surface area contributed by atoms with Crippen LogP contribution in [0.2, 0.25) is 0 Å². The van der Waals surface area contributed by atoms with Gasteiger partial charge in [0.1, 0.15) is 18.2 Å². The van der Waals surface area contributed by atoms with Crippen LogP contribution in [0.15, 0.2) is 67.0 Å². The minimum atomic E-state index is -0.234. The van der Waals surface area contributed by atoms with Crippen LogP contribution in [-0.4, -0.2) is 4.98 Å². The van der Waals surface area contributed by atoms with E-state index in [0.717, 1.165) is 28.1 Å². The van der Waals surface area contributed by atoms with Crippen LogP contribution in [0.3, 0.4) is 0 Å². The fraction of sp³-hybridized carbons (Fsp3) is 0.150. The summed E-state index contributed by atoms with van der Waals surface area (Å²) in [7, 11) is 0. The number of aryl methyl sites for hydroxylation is 1. The number of benzene rings is 2. The van der Waals surface area contributed by atoms with Gasteiger partial charge in [-0.25, -0.2) is 4.39 Å². The van der Waals surface area contributed by atoms with Gasteiger partial charge < -0.3 is 10.1 Å². The second kappa shape index (κ2) is 7.59. The second-order valence-corrected chi connectivity index (χ2v) is 5.61. The summed E-state index contributed by atoms with van der Waals surface area (Å²) in [6.07, 6.45) is 3.53. The number of nitrogens with one attached hydrogen (secondary N) is 1. The summed E-state index contributed by atoms with van der Waals surface area (Å²) in [5.74, 6) is 0.576. The predicted molar refractivity (Wildman–Crippen MR) is 93.5 cm³/mol. The van der Waals surface area contributed by atoms with Gasteiger partial charge in [0.15, 0.2) is 0 Å². The highest BCUT2D eigenvalue weighted by Gasteiger charge is 2.01. The standard InChI is InChI=1S/C20H19FN2O/c1-15-4-7-18(21)11-20(15)23-13-16-5-8-19(9-6-16)24-14-17-3-2-10-22-12-17/h2-12,23H,13-14H2,1H3. The van der Waals surface area contributed by atoms with E-state index < -0.39 is 0 Å². The van der Waals surface area contributed by atoms with Crippen LogP contribution >= 0.6 is 0 Å². The quantitative estimate of drug-likeness (QED) is 0.713. The molecule has 4 heteroatoms. The van der Waals surface area contributed by atoms with Crippen molar-refractivity contribution in [3.8, 4) is 5.75 Å². The molecule has 0 aliphatic heterocycles. The van der Waals surface area contributed by atoms with E-state index in [4.69, 9.17) is 4.74 Å². The molecule has 0 unspecified atom stereocenters. The summed E-state index contributed by atoms with van der Waals surface area (Å²) in [6.45, 7) is 3.08. The Labute approximate surface area is 141 Å². The maximum absolute atomic E-state index is 13.3. The van der Waals surface area contributed by atoms with Gasteiger partial charge in [-0.1, -0.05) is 24.3 Å². The lowest BCUT2D eigenvalue weighted by molar-refractivity contribution is 0.305. The van der Waals surface area contributed by atoms with Gasteiger partial charge in [0.05, 0.1) is 0 Å². The molecule has 0 fully saturated rings. The Morgan fingerprint density at radius 1 is 1.04 bits per heavy atom. The SMILES string of the molecule is Cc1ccc(F)cc1NCc1ccc(OCc2cccnc2)cc1. The third-order valence-corrected chi connectivity index (χ3v) is 3.73. The fourth-order valence-corrected chi connectivity index (χ4v) is 2.34. The molecule has 1 N–H and O–H groups in total. The molecule has 0 amide bonds. The topological polar surface area (TPSA) is 34.1 Å². The molecule has 2 aromatic carbocycles. The average molecular weight is 322 g/mol. The first kappa shape index (κ1) is 16.0. The normalized spacial score (nSPS) is 10.4. The lowest BCUT2D eigenvalue weighted by Crippen LogP contribution is -2.02. The monoisotopic (exact) mass is 322 g/mol. The van der Waals surface area contributed by atoms with Crippen LogP contribution in [-0.2, 0) is 13.2 Å². The maximum atomic E-state index is 13.3. The first-order valence-corrected chi connectivity index (χ1v) is 7.81. The van der Waals surface area contributed by atoms with E-state index in [1.54, 1.807) is 18.5 Å². The summed E-state index contributed by atoms with van der Waals surface area (Å²) in [5.41, 5.74) is 3.97. The third kappa shape index (κ3) is 4.32. The first-order valence-electron chi connectivity index (χ1n) is 7.81. The molecule has 1 heterocycles. The largest absolute Gasteiger partial charge is 0.489 e. The summed E-state index contributed by atoms with van der Waals surface area (Å²) >= 11 is 0. The van der Waals surface area contributed by atoms with Crippen molar-refractivity contribution in [2.24, 2.45) is 0 Å². The molecule has 3 nitrogen and oxygen atoms in total. The number of halogens is 1. The molecule has 0 atom stereocenters. The molecule has 0 saturated carbocycles. The van der Waals surface area contributed by atoms with Gasteiger partial charge in [-0.05, 0) is 48.4 Å². The Bertz CT molecular complexity index is 788. The van der Waals surface area contributed by atoms with Crippen molar-refractivity contribution >= 4 is 5.69 Å². The minimum absolute atomic E-state index is 0.234. The lowest BCUT2D eigenvalue weighted by Gasteiger charge is -2.11. The molecule has 0 aliphatic rings. The Kier molecular flexibility index (Phi) is 5.06. The van der Waals surface area contributed by atoms with Crippen LogP contribution in [0.4, 0.5) is 10.1 Å². The van der Waals surface area contributed by atoms with Crippen molar-refractivity contribution in [1.82, 2.24) is 4.98 Å². The Balaban J connectivity index is 1.55. The fourth-order valence-electron chi connectivity index (χ4n) is 2.34. The zero-order valence-electron chi connectivity index (χ0n) is 13.5. The second-order valence-electron chi connectivity index (χ2n) is 5.61. The van der Waals surface area contributed by atoms with E-state index in [1.807, 2.05) is 43.3 Å². The number of hydrogen-bond donors (Lipinski definition) is 1. The van der Waals surface area contributed by atoms with E-state index in [1.165, 1.54) is 12.1 Å². The van der Waals surface area contributed by atoms with Crippen LogP contribution < -0.4 is 10.1 Å². The van der Waals surface area contributed by atoms with Crippen molar-refractivity contribution in [3.63, 3.8) is 0 Å². The number of pyridine rings is 1.